The number of hydrogen-bond donors (Lipinski definition) is 1. The molecule has 0 spiro atoms. The van der Waals surface area contributed by atoms with E-state index in [0.717, 1.165) is 13.1 Å². The highest BCUT2D eigenvalue weighted by Crippen LogP contribution is 2.43. The maximum absolute atomic E-state index is 3.67. The minimum atomic E-state index is 0.495. The largest absolute Gasteiger partial charge is 0.307 e. The van der Waals surface area contributed by atoms with E-state index in [0.29, 0.717) is 17.6 Å². The molecular formula is C15H22N2. The van der Waals surface area contributed by atoms with Crippen LogP contribution in [0.3, 0.4) is 0 Å². The van der Waals surface area contributed by atoms with Crippen molar-refractivity contribution in [2.45, 2.75) is 44.3 Å². The van der Waals surface area contributed by atoms with E-state index < -0.39 is 0 Å². The van der Waals surface area contributed by atoms with Gasteiger partial charge in [-0.15, -0.1) is 0 Å². The van der Waals surface area contributed by atoms with E-state index in [4.69, 9.17) is 0 Å². The van der Waals surface area contributed by atoms with Crippen molar-refractivity contribution in [3.63, 3.8) is 0 Å². The summed E-state index contributed by atoms with van der Waals surface area (Å²) in [6, 6.07) is 12.0. The highest BCUT2D eigenvalue weighted by Gasteiger charge is 2.46. The fourth-order valence-electron chi connectivity index (χ4n) is 2.99. The Hall–Kier alpha value is -0.860. The Bertz CT molecular complexity index is 383. The summed E-state index contributed by atoms with van der Waals surface area (Å²) in [6.07, 6.45) is 2.75. The molecular weight excluding hydrogens is 208 g/mol. The van der Waals surface area contributed by atoms with Gasteiger partial charge in [0.25, 0.3) is 0 Å². The van der Waals surface area contributed by atoms with Crippen molar-refractivity contribution in [1.29, 1.82) is 0 Å². The van der Waals surface area contributed by atoms with Crippen molar-refractivity contribution in [1.82, 2.24) is 10.2 Å². The average Bonchev–Trinajstić information content (AvgIpc) is 3.10. The van der Waals surface area contributed by atoms with E-state index in [1.807, 2.05) is 0 Å². The van der Waals surface area contributed by atoms with Gasteiger partial charge in [-0.05, 0) is 32.3 Å². The lowest BCUT2D eigenvalue weighted by Crippen LogP contribution is -2.55. The first-order valence-corrected chi connectivity index (χ1v) is 6.74. The van der Waals surface area contributed by atoms with Crippen LogP contribution >= 0.6 is 0 Å². The lowest BCUT2D eigenvalue weighted by molar-refractivity contribution is 0.0856. The van der Waals surface area contributed by atoms with Gasteiger partial charge in [0.05, 0.1) is 0 Å². The number of benzene rings is 1. The first-order chi connectivity index (χ1) is 8.19. The van der Waals surface area contributed by atoms with Gasteiger partial charge in [-0.1, -0.05) is 30.3 Å². The van der Waals surface area contributed by atoms with Crippen LogP contribution < -0.4 is 5.32 Å². The summed E-state index contributed by atoms with van der Waals surface area (Å²) in [7, 11) is 0. The molecule has 1 aliphatic heterocycles. The predicted molar refractivity (Wildman–Crippen MR) is 71.0 cm³/mol. The highest BCUT2D eigenvalue weighted by atomic mass is 15.3. The van der Waals surface area contributed by atoms with Crippen molar-refractivity contribution in [3.05, 3.63) is 35.9 Å². The molecule has 0 amide bonds. The highest BCUT2D eigenvalue weighted by molar-refractivity contribution is 5.21. The summed E-state index contributed by atoms with van der Waals surface area (Å²) < 4.78 is 0. The van der Waals surface area contributed by atoms with Gasteiger partial charge in [-0.25, -0.2) is 0 Å². The molecule has 2 heteroatoms. The van der Waals surface area contributed by atoms with Crippen LogP contribution in [0.4, 0.5) is 0 Å². The number of nitrogens with one attached hydrogen (secondary N) is 1. The third-order valence-corrected chi connectivity index (χ3v) is 4.44. The molecule has 0 radical (unpaired) electrons. The Morgan fingerprint density at radius 1 is 1.24 bits per heavy atom. The van der Waals surface area contributed by atoms with Gasteiger partial charge in [0, 0.05) is 30.7 Å². The molecule has 1 aliphatic carbocycles. The van der Waals surface area contributed by atoms with E-state index in [-0.39, 0.29) is 0 Å². The molecule has 2 atom stereocenters. The van der Waals surface area contributed by atoms with Crippen LogP contribution in [0.2, 0.25) is 0 Å². The summed E-state index contributed by atoms with van der Waals surface area (Å²) in [5.74, 6) is 0. The van der Waals surface area contributed by atoms with E-state index >= 15 is 0 Å². The average molecular weight is 230 g/mol. The second kappa shape index (κ2) is 4.11. The second-order valence-electron chi connectivity index (χ2n) is 5.87. The van der Waals surface area contributed by atoms with Crippen LogP contribution in [-0.4, -0.2) is 29.6 Å². The zero-order valence-electron chi connectivity index (χ0n) is 10.8. The van der Waals surface area contributed by atoms with Gasteiger partial charge in [0.2, 0.25) is 0 Å². The third kappa shape index (κ3) is 2.12. The monoisotopic (exact) mass is 230 g/mol. The number of rotatable bonds is 2. The molecule has 3 rings (SSSR count). The number of nitrogens with zero attached hydrogens (tertiary/aromatic N) is 1. The van der Waals surface area contributed by atoms with Crippen molar-refractivity contribution in [2.24, 2.45) is 0 Å². The summed E-state index contributed by atoms with van der Waals surface area (Å²) in [4.78, 5) is 2.71. The summed E-state index contributed by atoms with van der Waals surface area (Å²) >= 11 is 0. The smallest absolute Gasteiger partial charge is 0.0450 e. The van der Waals surface area contributed by atoms with Crippen molar-refractivity contribution < 1.29 is 0 Å². The van der Waals surface area contributed by atoms with Gasteiger partial charge < -0.3 is 5.32 Å². The van der Waals surface area contributed by atoms with E-state index in [1.165, 1.54) is 18.4 Å². The molecule has 92 valence electrons. The first kappa shape index (κ1) is 11.2. The number of piperazine rings is 1. The Morgan fingerprint density at radius 2 is 1.94 bits per heavy atom. The standard InChI is InChI=1S/C15H22N2/c1-12-10-16-14(13-6-4-3-5-7-13)11-17(12)15(2)8-9-15/h3-7,12,14,16H,8-11H2,1-2H3/t12-,14-/m1/s1. The molecule has 1 aromatic carbocycles. The fourth-order valence-corrected chi connectivity index (χ4v) is 2.99. The van der Waals surface area contributed by atoms with E-state index in [2.05, 4.69) is 54.4 Å². The van der Waals surface area contributed by atoms with Crippen LogP contribution in [0, 0.1) is 0 Å². The van der Waals surface area contributed by atoms with Crippen molar-refractivity contribution in [3.8, 4) is 0 Å². The van der Waals surface area contributed by atoms with Gasteiger partial charge >= 0.3 is 0 Å². The van der Waals surface area contributed by atoms with Crippen LogP contribution in [0.15, 0.2) is 30.3 Å². The molecule has 2 aliphatic rings. The lowest BCUT2D eigenvalue weighted by Gasteiger charge is -2.43. The zero-order valence-corrected chi connectivity index (χ0v) is 10.8. The molecule has 1 aromatic rings. The topological polar surface area (TPSA) is 15.3 Å². The fraction of sp³-hybridized carbons (Fsp3) is 0.600. The molecule has 0 unspecified atom stereocenters. The quantitative estimate of drug-likeness (QED) is 0.840. The Kier molecular flexibility index (Phi) is 2.72. The van der Waals surface area contributed by atoms with Crippen LogP contribution in [0.5, 0.6) is 0 Å². The summed E-state index contributed by atoms with van der Waals surface area (Å²) in [6.45, 7) is 7.02. The minimum Gasteiger partial charge on any atom is -0.307 e. The lowest BCUT2D eigenvalue weighted by atomic mass is 10.0. The maximum Gasteiger partial charge on any atom is 0.0450 e. The van der Waals surface area contributed by atoms with Crippen LogP contribution in [-0.2, 0) is 0 Å². The van der Waals surface area contributed by atoms with Crippen molar-refractivity contribution in [2.75, 3.05) is 13.1 Å². The Labute approximate surface area is 104 Å². The normalized spacial score (nSPS) is 32.4. The molecule has 1 saturated heterocycles. The molecule has 1 saturated carbocycles. The van der Waals surface area contributed by atoms with Gasteiger partial charge in [-0.3, -0.25) is 4.90 Å². The van der Waals surface area contributed by atoms with Crippen molar-refractivity contribution >= 4 is 0 Å². The van der Waals surface area contributed by atoms with Gasteiger partial charge in [-0.2, -0.15) is 0 Å². The zero-order chi connectivity index (χ0) is 11.9. The van der Waals surface area contributed by atoms with Gasteiger partial charge in [0.15, 0.2) is 0 Å². The summed E-state index contributed by atoms with van der Waals surface area (Å²) in [5.41, 5.74) is 1.92. The molecule has 1 N–H and O–H groups in total. The first-order valence-electron chi connectivity index (χ1n) is 6.74. The molecule has 2 nitrogen and oxygen atoms in total. The summed E-state index contributed by atoms with van der Waals surface area (Å²) in [5, 5.41) is 3.67. The molecule has 0 bridgehead atoms. The van der Waals surface area contributed by atoms with E-state index in [1.54, 1.807) is 0 Å². The Morgan fingerprint density at radius 3 is 2.59 bits per heavy atom. The maximum atomic E-state index is 3.67. The van der Waals surface area contributed by atoms with Crippen LogP contribution in [0.25, 0.3) is 0 Å². The molecule has 0 aromatic heterocycles. The second-order valence-corrected chi connectivity index (χ2v) is 5.87. The van der Waals surface area contributed by atoms with Gasteiger partial charge in [0.1, 0.15) is 0 Å². The minimum absolute atomic E-state index is 0.495. The SMILES string of the molecule is C[C@@H]1CN[C@@H](c2ccccc2)CN1C1(C)CC1. The predicted octanol–water partition coefficient (Wildman–Crippen LogP) is 2.57. The third-order valence-electron chi connectivity index (χ3n) is 4.44. The Balaban J connectivity index is 1.76. The molecule has 17 heavy (non-hydrogen) atoms. The van der Waals surface area contributed by atoms with Crippen LogP contribution in [0.1, 0.15) is 38.3 Å². The molecule has 2 fully saturated rings. The number of hydrogen-bond acceptors (Lipinski definition) is 2. The van der Waals surface area contributed by atoms with E-state index in [9.17, 15) is 0 Å². The molecule has 1 heterocycles.